The van der Waals surface area contributed by atoms with Gasteiger partial charge in [0.05, 0.1) is 50.0 Å². The van der Waals surface area contributed by atoms with Gasteiger partial charge in [-0.2, -0.15) is 0 Å². The van der Waals surface area contributed by atoms with E-state index >= 15 is 0 Å². The van der Waals surface area contributed by atoms with E-state index in [2.05, 4.69) is 226 Å². The molecule has 14 rings (SSSR count). The van der Waals surface area contributed by atoms with E-state index in [1.165, 1.54) is 59.8 Å². The van der Waals surface area contributed by atoms with Crippen molar-refractivity contribution in [3.05, 3.63) is 212 Å². The molecule has 14 aromatic rings. The van der Waals surface area contributed by atoms with Gasteiger partial charge in [-0.05, 0) is 70.8 Å². The molecular formula is C58H35N5. The van der Waals surface area contributed by atoms with Crippen LogP contribution in [0.25, 0.3) is 126 Å². The Balaban J connectivity index is 1.05. The lowest BCUT2D eigenvalue weighted by molar-refractivity contribution is 1.01. The van der Waals surface area contributed by atoms with Gasteiger partial charge in [0.25, 0.3) is 0 Å². The average molecular weight is 802 g/mol. The molecule has 0 unspecified atom stereocenters. The number of para-hydroxylation sites is 4. The summed E-state index contributed by atoms with van der Waals surface area (Å²) in [4.78, 5) is 10.8. The predicted octanol–water partition coefficient (Wildman–Crippen LogP) is 14.9. The molecule has 0 radical (unpaired) electrons. The fourth-order valence-corrected chi connectivity index (χ4v) is 10.6. The maximum atomic E-state index is 5.51. The van der Waals surface area contributed by atoms with E-state index in [1.54, 1.807) is 0 Å². The monoisotopic (exact) mass is 801 g/mol. The molecule has 0 saturated heterocycles. The van der Waals surface area contributed by atoms with Crippen LogP contribution < -0.4 is 0 Å². The first-order chi connectivity index (χ1) is 31.3. The Labute approximate surface area is 360 Å². The maximum Gasteiger partial charge on any atom is 0.235 e. The van der Waals surface area contributed by atoms with E-state index in [1.807, 2.05) is 0 Å². The summed E-state index contributed by atoms with van der Waals surface area (Å²) in [5.74, 6) is 0.644. The summed E-state index contributed by atoms with van der Waals surface area (Å²) >= 11 is 0. The highest BCUT2D eigenvalue weighted by Gasteiger charge is 2.23. The van der Waals surface area contributed by atoms with Crippen molar-refractivity contribution in [3.63, 3.8) is 0 Å². The van der Waals surface area contributed by atoms with Crippen molar-refractivity contribution in [2.45, 2.75) is 0 Å². The van der Waals surface area contributed by atoms with Crippen LogP contribution in [-0.2, 0) is 0 Å². The Morgan fingerprint density at radius 3 is 1.57 bits per heavy atom. The minimum absolute atomic E-state index is 0.644. The van der Waals surface area contributed by atoms with Gasteiger partial charge >= 0.3 is 0 Å². The normalized spacial score (nSPS) is 12.1. The molecule has 63 heavy (non-hydrogen) atoms. The van der Waals surface area contributed by atoms with Gasteiger partial charge < -0.3 is 9.13 Å². The summed E-state index contributed by atoms with van der Waals surface area (Å²) in [6, 6.07) is 76.6. The number of rotatable bonds is 4. The zero-order chi connectivity index (χ0) is 41.2. The Kier molecular flexibility index (Phi) is 7.05. The third kappa shape index (κ3) is 4.82. The van der Waals surface area contributed by atoms with Gasteiger partial charge in [-0.1, -0.05) is 158 Å². The zero-order valence-electron chi connectivity index (χ0n) is 33.9. The van der Waals surface area contributed by atoms with E-state index in [-0.39, 0.29) is 0 Å². The minimum atomic E-state index is 0.644. The SMILES string of the molecule is c1ccc2c(-c3nc(-n4c5ccccc5c5ccc(-n6c7ccccc7c7c8c9ccccc9n(-c9cccc%10ccccc9%10)c8ccc76)cc54)nc4ccccc34)cccc2c1. The largest absolute Gasteiger partial charge is 0.309 e. The van der Waals surface area contributed by atoms with Crippen molar-refractivity contribution < 1.29 is 0 Å². The predicted molar refractivity (Wildman–Crippen MR) is 263 cm³/mol. The number of fused-ring (bicyclic) bond motifs is 13. The van der Waals surface area contributed by atoms with Gasteiger partial charge in [0.2, 0.25) is 5.95 Å². The van der Waals surface area contributed by atoms with Crippen LogP contribution in [0, 0.1) is 0 Å². The van der Waals surface area contributed by atoms with E-state index in [9.17, 15) is 0 Å². The first-order valence-corrected chi connectivity index (χ1v) is 21.5. The molecule has 4 heterocycles. The highest BCUT2D eigenvalue weighted by Crippen LogP contribution is 2.44. The molecule has 0 fully saturated rings. The first kappa shape index (κ1) is 34.2. The molecule has 0 atom stereocenters. The van der Waals surface area contributed by atoms with Crippen molar-refractivity contribution in [1.29, 1.82) is 0 Å². The number of benzene rings is 10. The molecule has 0 bridgehead atoms. The Morgan fingerprint density at radius 2 is 0.825 bits per heavy atom. The number of nitrogens with zero attached hydrogens (tertiary/aromatic N) is 5. The average Bonchev–Trinajstić information content (AvgIpc) is 3.98. The molecule has 4 aromatic heterocycles. The van der Waals surface area contributed by atoms with Gasteiger partial charge in [0.1, 0.15) is 0 Å². The van der Waals surface area contributed by atoms with Gasteiger partial charge in [-0.15, -0.1) is 0 Å². The standard InChI is InChI=1S/C58H35N5/c1-3-19-39-36(15-1)17-13-25-43(39)57-44-22-5-9-26-47(44)59-58(60-57)63-49-27-10-6-21-41(49)42-32-31-38(35-54(42)63)61-50-28-11-7-23-45(50)55-52(61)33-34-53-56(55)46-24-8-12-29-51(46)62(53)48-30-14-18-37-16-2-4-20-40(37)48/h1-35H. The van der Waals surface area contributed by atoms with E-state index < -0.39 is 0 Å². The smallest absolute Gasteiger partial charge is 0.235 e. The molecule has 0 aliphatic heterocycles. The highest BCUT2D eigenvalue weighted by atomic mass is 15.2. The molecule has 0 saturated carbocycles. The molecule has 0 spiro atoms. The summed E-state index contributed by atoms with van der Waals surface area (Å²) in [5, 5.41) is 13.1. The molecular weight excluding hydrogens is 767 g/mol. The second kappa shape index (κ2) is 13.0. The lowest BCUT2D eigenvalue weighted by atomic mass is 9.99. The fraction of sp³-hybridized carbons (Fsp3) is 0. The van der Waals surface area contributed by atoms with Gasteiger partial charge in [0.15, 0.2) is 0 Å². The first-order valence-electron chi connectivity index (χ1n) is 21.5. The van der Waals surface area contributed by atoms with Crippen molar-refractivity contribution in [3.8, 4) is 28.6 Å². The number of hydrogen-bond acceptors (Lipinski definition) is 2. The second-order valence-electron chi connectivity index (χ2n) is 16.5. The van der Waals surface area contributed by atoms with E-state index in [0.717, 1.165) is 60.7 Å². The lowest BCUT2D eigenvalue weighted by Crippen LogP contribution is -2.04. The lowest BCUT2D eigenvalue weighted by Gasteiger charge is -2.14. The van der Waals surface area contributed by atoms with Gasteiger partial charge in [-0.3, -0.25) is 4.57 Å². The van der Waals surface area contributed by atoms with Crippen molar-refractivity contribution in [2.75, 3.05) is 0 Å². The Morgan fingerprint density at radius 1 is 0.302 bits per heavy atom. The number of aromatic nitrogens is 5. The third-order valence-electron chi connectivity index (χ3n) is 13.2. The topological polar surface area (TPSA) is 40.6 Å². The van der Waals surface area contributed by atoms with Gasteiger partial charge in [-0.25, -0.2) is 9.97 Å². The van der Waals surface area contributed by atoms with Crippen molar-refractivity contribution >= 4 is 97.9 Å². The van der Waals surface area contributed by atoms with Crippen LogP contribution in [0.15, 0.2) is 212 Å². The van der Waals surface area contributed by atoms with Crippen LogP contribution in [0.1, 0.15) is 0 Å². The minimum Gasteiger partial charge on any atom is -0.309 e. The Bertz CT molecular complexity index is 4210. The van der Waals surface area contributed by atoms with Crippen LogP contribution in [0.5, 0.6) is 0 Å². The highest BCUT2D eigenvalue weighted by molar-refractivity contribution is 6.29. The third-order valence-corrected chi connectivity index (χ3v) is 13.2. The summed E-state index contributed by atoms with van der Waals surface area (Å²) in [5.41, 5.74) is 12.0. The molecule has 0 aliphatic rings. The summed E-state index contributed by atoms with van der Waals surface area (Å²) in [6.45, 7) is 0. The van der Waals surface area contributed by atoms with Crippen LogP contribution in [0.4, 0.5) is 0 Å². The van der Waals surface area contributed by atoms with Gasteiger partial charge in [0, 0.05) is 54.3 Å². The molecule has 5 nitrogen and oxygen atoms in total. The summed E-state index contributed by atoms with van der Waals surface area (Å²) in [6.07, 6.45) is 0. The summed E-state index contributed by atoms with van der Waals surface area (Å²) in [7, 11) is 0. The Hall–Kier alpha value is -8.54. The van der Waals surface area contributed by atoms with Crippen molar-refractivity contribution in [2.24, 2.45) is 0 Å². The molecule has 0 aliphatic carbocycles. The maximum absolute atomic E-state index is 5.51. The van der Waals surface area contributed by atoms with Crippen LogP contribution in [0.2, 0.25) is 0 Å². The molecule has 0 N–H and O–H groups in total. The molecule has 10 aromatic carbocycles. The zero-order valence-corrected chi connectivity index (χ0v) is 33.9. The molecule has 292 valence electrons. The van der Waals surface area contributed by atoms with Crippen LogP contribution in [0.3, 0.4) is 0 Å². The quantitative estimate of drug-likeness (QED) is 0.178. The summed E-state index contributed by atoms with van der Waals surface area (Å²) < 4.78 is 7.16. The second-order valence-corrected chi connectivity index (χ2v) is 16.5. The van der Waals surface area contributed by atoms with E-state index in [0.29, 0.717) is 5.95 Å². The number of hydrogen-bond donors (Lipinski definition) is 0. The van der Waals surface area contributed by atoms with Crippen LogP contribution >= 0.6 is 0 Å². The van der Waals surface area contributed by atoms with E-state index in [4.69, 9.17) is 9.97 Å². The molecule has 0 amide bonds. The van der Waals surface area contributed by atoms with Crippen LogP contribution in [-0.4, -0.2) is 23.7 Å². The molecule has 5 heteroatoms. The van der Waals surface area contributed by atoms with Crippen molar-refractivity contribution in [1.82, 2.24) is 23.7 Å². The fourth-order valence-electron chi connectivity index (χ4n) is 10.6.